The smallest absolute Gasteiger partial charge is 0.0811 e. The average Bonchev–Trinajstić information content (AvgIpc) is 3.00. The normalized spacial score (nSPS) is 38.8. The fraction of sp³-hybridized carbons (Fsp3) is 0.778. The molecule has 0 saturated heterocycles. The Morgan fingerprint density at radius 3 is 2.63 bits per heavy atom. The minimum absolute atomic E-state index is 0.421. The summed E-state index contributed by atoms with van der Waals surface area (Å²) in [5, 5.41) is 20.2. The fourth-order valence-electron chi connectivity index (χ4n) is 6.83. The van der Waals surface area contributed by atoms with Crippen LogP contribution in [0.5, 0.6) is 0 Å². The predicted molar refractivity (Wildman–Crippen MR) is 131 cm³/mol. The van der Waals surface area contributed by atoms with Crippen LogP contribution in [0.2, 0.25) is 25.7 Å². The van der Waals surface area contributed by atoms with Crippen LogP contribution >= 0.6 is 0 Å². The van der Waals surface area contributed by atoms with E-state index in [1.807, 2.05) is 0 Å². The lowest BCUT2D eigenvalue weighted by atomic mass is 9.61. The summed E-state index contributed by atoms with van der Waals surface area (Å²) < 4.78 is 0. The predicted octanol–water partition coefficient (Wildman–Crippen LogP) is 6.88. The molecule has 0 heterocycles. The molecule has 3 fully saturated rings. The fourth-order valence-corrected chi connectivity index (χ4v) is 8.10. The maximum Gasteiger partial charge on any atom is 0.0811 e. The second-order valence-corrected chi connectivity index (χ2v) is 17.7. The van der Waals surface area contributed by atoms with Crippen LogP contribution in [0.3, 0.4) is 0 Å². The second kappa shape index (κ2) is 9.46. The quantitative estimate of drug-likeness (QED) is 0.451. The van der Waals surface area contributed by atoms with Gasteiger partial charge < -0.3 is 10.2 Å². The lowest BCUT2D eigenvalue weighted by molar-refractivity contribution is 0.0861. The molecule has 0 amide bonds. The van der Waals surface area contributed by atoms with Crippen molar-refractivity contribution >= 4 is 8.07 Å². The Kier molecular flexibility index (Phi) is 7.57. The highest BCUT2D eigenvalue weighted by molar-refractivity contribution is 6.76. The number of hydrogen-bond acceptors (Lipinski definition) is 2. The van der Waals surface area contributed by atoms with Crippen molar-refractivity contribution < 1.29 is 10.2 Å². The Hall–Kier alpha value is -0.643. The third-order valence-electron chi connectivity index (χ3n) is 8.58. The number of allylic oxidation sites excluding steroid dienone is 3. The molecule has 0 bridgehead atoms. The van der Waals surface area contributed by atoms with Crippen molar-refractivity contribution in [3.05, 3.63) is 35.5 Å². The summed E-state index contributed by atoms with van der Waals surface area (Å²) in [6, 6.07) is 1.46. The zero-order chi connectivity index (χ0) is 22.1. The van der Waals surface area contributed by atoms with E-state index in [0.717, 1.165) is 23.0 Å². The van der Waals surface area contributed by atoms with Crippen LogP contribution in [0.1, 0.15) is 71.6 Å². The molecule has 3 rings (SSSR count). The van der Waals surface area contributed by atoms with Gasteiger partial charge in [0, 0.05) is 14.5 Å². The first-order chi connectivity index (χ1) is 14.0. The highest BCUT2D eigenvalue weighted by Crippen LogP contribution is 2.60. The minimum atomic E-state index is -0.929. The van der Waals surface area contributed by atoms with Crippen molar-refractivity contribution in [3.63, 3.8) is 0 Å². The molecule has 170 valence electrons. The number of aliphatic hydroxyl groups is 2. The van der Waals surface area contributed by atoms with Crippen molar-refractivity contribution in [3.8, 4) is 0 Å². The summed E-state index contributed by atoms with van der Waals surface area (Å²) >= 11 is 0. The number of hydrogen-bond donors (Lipinski definition) is 2. The molecule has 0 aliphatic heterocycles. The summed E-state index contributed by atoms with van der Waals surface area (Å²) in [5.74, 6) is 2.39. The van der Waals surface area contributed by atoms with Crippen molar-refractivity contribution in [1.82, 2.24) is 0 Å². The standard InChI is InChI=1S/C27H46O2Si/c1-19(9-8-16-30(4,5)6)24-13-14-25-21(10-7-15-27(24,25)3)11-12-22-17-23(28)18-26(29)20(22)2/h11-12,19,23-26,28-29H,2,7-10,13-18H2,1,3-6H3/b21-11+,22-12-/t19-,23-,24-,25+,26+,27-/m1/s1. The van der Waals surface area contributed by atoms with E-state index in [0.29, 0.717) is 24.2 Å². The molecule has 0 aromatic carbocycles. The van der Waals surface area contributed by atoms with Gasteiger partial charge in [0.25, 0.3) is 0 Å². The largest absolute Gasteiger partial charge is 0.393 e. The van der Waals surface area contributed by atoms with E-state index in [1.54, 1.807) is 5.57 Å². The third kappa shape index (κ3) is 5.39. The molecule has 2 nitrogen and oxygen atoms in total. The van der Waals surface area contributed by atoms with Gasteiger partial charge in [-0.05, 0) is 72.8 Å². The van der Waals surface area contributed by atoms with Gasteiger partial charge in [-0.15, -0.1) is 0 Å². The highest BCUT2D eigenvalue weighted by Gasteiger charge is 2.50. The van der Waals surface area contributed by atoms with Crippen LogP contribution in [0.25, 0.3) is 0 Å². The molecule has 0 radical (unpaired) electrons. The molecule has 3 heteroatoms. The summed E-state index contributed by atoms with van der Waals surface area (Å²) in [7, 11) is -0.929. The van der Waals surface area contributed by atoms with Gasteiger partial charge in [-0.1, -0.05) is 76.7 Å². The van der Waals surface area contributed by atoms with Gasteiger partial charge >= 0.3 is 0 Å². The van der Waals surface area contributed by atoms with Gasteiger partial charge in [-0.3, -0.25) is 0 Å². The molecule has 30 heavy (non-hydrogen) atoms. The van der Waals surface area contributed by atoms with E-state index >= 15 is 0 Å². The van der Waals surface area contributed by atoms with Gasteiger partial charge in [0.1, 0.15) is 0 Å². The van der Waals surface area contributed by atoms with Gasteiger partial charge in [0.05, 0.1) is 12.2 Å². The first kappa shape index (κ1) is 24.0. The Labute approximate surface area is 186 Å². The minimum Gasteiger partial charge on any atom is -0.393 e. The van der Waals surface area contributed by atoms with Crippen LogP contribution in [0.4, 0.5) is 0 Å². The first-order valence-corrected chi connectivity index (χ1v) is 16.2. The Morgan fingerprint density at radius 2 is 1.93 bits per heavy atom. The second-order valence-electron chi connectivity index (χ2n) is 12.1. The SMILES string of the molecule is C=C1/C(=C\C=C2/CCC[C@]3(C)[C@@H]([C@H](C)CCC[Si](C)(C)C)CC[C@@H]23)C[C@@H](O)C[C@@H]1O. The number of fused-ring (bicyclic) bond motifs is 1. The van der Waals surface area contributed by atoms with E-state index in [4.69, 9.17) is 0 Å². The van der Waals surface area contributed by atoms with E-state index in [9.17, 15) is 10.2 Å². The van der Waals surface area contributed by atoms with Crippen LogP contribution in [-0.4, -0.2) is 30.5 Å². The molecule has 0 aromatic rings. The summed E-state index contributed by atoms with van der Waals surface area (Å²) in [4.78, 5) is 0. The van der Waals surface area contributed by atoms with Crippen LogP contribution in [-0.2, 0) is 0 Å². The molecule has 6 atom stereocenters. The van der Waals surface area contributed by atoms with Crippen LogP contribution < -0.4 is 0 Å². The maximum atomic E-state index is 10.1. The lowest BCUT2D eigenvalue weighted by Crippen LogP contribution is -2.36. The van der Waals surface area contributed by atoms with Crippen molar-refractivity contribution in [2.24, 2.45) is 23.2 Å². The Balaban J connectivity index is 1.70. The van der Waals surface area contributed by atoms with E-state index in [1.165, 1.54) is 51.0 Å². The van der Waals surface area contributed by atoms with Gasteiger partial charge in [0.2, 0.25) is 0 Å². The van der Waals surface area contributed by atoms with Crippen molar-refractivity contribution in [1.29, 1.82) is 0 Å². The molecule has 3 aliphatic carbocycles. The Morgan fingerprint density at radius 1 is 1.20 bits per heavy atom. The molecular weight excluding hydrogens is 384 g/mol. The van der Waals surface area contributed by atoms with E-state index < -0.39 is 20.3 Å². The van der Waals surface area contributed by atoms with Crippen LogP contribution in [0.15, 0.2) is 35.5 Å². The molecule has 0 spiro atoms. The zero-order valence-electron chi connectivity index (χ0n) is 20.2. The molecular formula is C27H46O2Si. The highest BCUT2D eigenvalue weighted by atomic mass is 28.3. The van der Waals surface area contributed by atoms with Crippen molar-refractivity contribution in [2.45, 2.75) is 110 Å². The Bertz CT molecular complexity index is 685. The first-order valence-electron chi connectivity index (χ1n) is 12.5. The average molecular weight is 431 g/mol. The topological polar surface area (TPSA) is 40.5 Å². The summed E-state index contributed by atoms with van der Waals surface area (Å²) in [6.07, 6.45) is 13.9. The molecule has 3 aliphatic rings. The summed E-state index contributed by atoms with van der Waals surface area (Å²) in [6.45, 7) is 16.7. The molecule has 3 saturated carbocycles. The summed E-state index contributed by atoms with van der Waals surface area (Å²) in [5.41, 5.74) is 3.89. The van der Waals surface area contributed by atoms with Crippen molar-refractivity contribution in [2.75, 3.05) is 0 Å². The molecule has 0 aromatic heterocycles. The van der Waals surface area contributed by atoms with Gasteiger partial charge in [0.15, 0.2) is 0 Å². The third-order valence-corrected chi connectivity index (χ3v) is 10.4. The van der Waals surface area contributed by atoms with Gasteiger partial charge in [-0.2, -0.15) is 0 Å². The monoisotopic (exact) mass is 430 g/mol. The molecule has 0 unspecified atom stereocenters. The number of aliphatic hydroxyl groups excluding tert-OH is 2. The van der Waals surface area contributed by atoms with E-state index in [2.05, 4.69) is 52.2 Å². The number of rotatable bonds is 6. The van der Waals surface area contributed by atoms with E-state index in [-0.39, 0.29) is 0 Å². The lowest BCUT2D eigenvalue weighted by Gasteiger charge is -2.44. The molecule has 2 N–H and O–H groups in total. The zero-order valence-corrected chi connectivity index (χ0v) is 21.2. The van der Waals surface area contributed by atoms with Crippen LogP contribution in [0, 0.1) is 23.2 Å². The maximum absolute atomic E-state index is 10.1. The van der Waals surface area contributed by atoms with Gasteiger partial charge in [-0.25, -0.2) is 0 Å².